The van der Waals surface area contributed by atoms with Crippen molar-refractivity contribution < 1.29 is 4.84 Å². The van der Waals surface area contributed by atoms with E-state index in [9.17, 15) is 0 Å². The molecule has 1 heterocycles. The van der Waals surface area contributed by atoms with Crippen LogP contribution in [0.25, 0.3) is 0 Å². The first-order chi connectivity index (χ1) is 9.52. The quantitative estimate of drug-likeness (QED) is 0.796. The normalized spacial score (nSPS) is 19.4. The van der Waals surface area contributed by atoms with Crippen LogP contribution in [0.5, 0.6) is 0 Å². The average molecular weight is 312 g/mol. The summed E-state index contributed by atoms with van der Waals surface area (Å²) in [4.78, 5) is 5.66. The van der Waals surface area contributed by atoms with Crippen LogP contribution in [0.1, 0.15) is 25.3 Å². The standard InChI is InChI=1S/C14H15Cl2N3O/c1-13(14(16)6-7-14,20-19-9-17-18-10-19)8-11-4-2-3-5-12(11)15/h2-5,9-10H,6-8H2,1H3. The third kappa shape index (κ3) is 2.50. The van der Waals surface area contributed by atoms with Crippen LogP contribution in [-0.2, 0) is 6.42 Å². The largest absolute Gasteiger partial charge is 0.403 e. The Kier molecular flexibility index (Phi) is 3.38. The molecule has 0 amide bonds. The highest BCUT2D eigenvalue weighted by molar-refractivity contribution is 6.31. The first-order valence-electron chi connectivity index (χ1n) is 6.49. The van der Waals surface area contributed by atoms with Gasteiger partial charge in [-0.1, -0.05) is 29.8 Å². The van der Waals surface area contributed by atoms with E-state index in [1.165, 1.54) is 17.4 Å². The van der Waals surface area contributed by atoms with E-state index in [1.54, 1.807) is 0 Å². The van der Waals surface area contributed by atoms with Crippen LogP contribution < -0.4 is 4.84 Å². The summed E-state index contributed by atoms with van der Waals surface area (Å²) >= 11 is 12.9. The van der Waals surface area contributed by atoms with E-state index >= 15 is 0 Å². The predicted octanol–water partition coefficient (Wildman–Crippen LogP) is 3.13. The molecule has 1 saturated carbocycles. The van der Waals surface area contributed by atoms with E-state index < -0.39 is 5.60 Å². The Morgan fingerprint density at radius 1 is 1.30 bits per heavy atom. The van der Waals surface area contributed by atoms with Gasteiger partial charge in [0.1, 0.15) is 0 Å². The molecule has 1 fully saturated rings. The first-order valence-corrected chi connectivity index (χ1v) is 7.24. The number of aromatic nitrogens is 3. The molecular weight excluding hydrogens is 297 g/mol. The highest BCUT2D eigenvalue weighted by Crippen LogP contribution is 2.53. The number of alkyl halides is 1. The van der Waals surface area contributed by atoms with Gasteiger partial charge in [-0.2, -0.15) is 4.73 Å². The molecule has 0 N–H and O–H groups in total. The molecule has 3 rings (SSSR count). The molecule has 1 aromatic carbocycles. The van der Waals surface area contributed by atoms with Crippen molar-refractivity contribution in [1.29, 1.82) is 0 Å². The first kappa shape index (κ1) is 13.7. The van der Waals surface area contributed by atoms with E-state index in [4.69, 9.17) is 28.0 Å². The van der Waals surface area contributed by atoms with Gasteiger partial charge >= 0.3 is 0 Å². The summed E-state index contributed by atoms with van der Waals surface area (Å²) in [5.74, 6) is 0. The number of nitrogens with zero attached hydrogens (tertiary/aromatic N) is 3. The molecule has 2 aromatic rings. The Labute approximate surface area is 127 Å². The number of hydrogen-bond acceptors (Lipinski definition) is 3. The topological polar surface area (TPSA) is 39.9 Å². The van der Waals surface area contributed by atoms with Crippen LogP contribution in [0.3, 0.4) is 0 Å². The molecule has 20 heavy (non-hydrogen) atoms. The fraction of sp³-hybridized carbons (Fsp3) is 0.429. The SMILES string of the molecule is CC(Cc1ccccc1Cl)(On1cnnc1)C1(Cl)CC1. The van der Waals surface area contributed by atoms with Gasteiger partial charge in [0, 0.05) is 11.4 Å². The van der Waals surface area contributed by atoms with Crippen molar-refractivity contribution in [3.05, 3.63) is 47.5 Å². The molecule has 1 aliphatic carbocycles. The molecule has 1 atom stereocenters. The van der Waals surface area contributed by atoms with Gasteiger partial charge in [0.25, 0.3) is 0 Å². The fourth-order valence-electron chi connectivity index (χ4n) is 2.39. The molecule has 0 aliphatic heterocycles. The van der Waals surface area contributed by atoms with Crippen LogP contribution in [0.2, 0.25) is 5.02 Å². The average Bonchev–Trinajstić information content (AvgIpc) is 2.98. The van der Waals surface area contributed by atoms with Crippen LogP contribution in [0.15, 0.2) is 36.9 Å². The highest BCUT2D eigenvalue weighted by atomic mass is 35.5. The maximum atomic E-state index is 6.65. The molecular formula is C14H15Cl2N3O. The summed E-state index contributed by atoms with van der Waals surface area (Å²) in [7, 11) is 0. The van der Waals surface area contributed by atoms with E-state index in [-0.39, 0.29) is 4.87 Å². The lowest BCUT2D eigenvalue weighted by atomic mass is 9.91. The van der Waals surface area contributed by atoms with Gasteiger partial charge in [-0.05, 0) is 31.4 Å². The van der Waals surface area contributed by atoms with Crippen molar-refractivity contribution >= 4 is 23.2 Å². The predicted molar refractivity (Wildman–Crippen MR) is 78.0 cm³/mol. The summed E-state index contributed by atoms with van der Waals surface area (Å²) in [5.41, 5.74) is 0.457. The summed E-state index contributed by atoms with van der Waals surface area (Å²) < 4.78 is 1.50. The lowest BCUT2D eigenvalue weighted by Gasteiger charge is -2.34. The Bertz CT molecular complexity index is 598. The van der Waals surface area contributed by atoms with Gasteiger partial charge in [-0.25, -0.2) is 0 Å². The molecule has 1 aromatic heterocycles. The van der Waals surface area contributed by atoms with E-state index in [0.29, 0.717) is 6.42 Å². The zero-order chi connectivity index (χ0) is 14.2. The third-order valence-corrected chi connectivity index (χ3v) is 4.97. The summed E-state index contributed by atoms with van der Waals surface area (Å²) in [5, 5.41) is 8.23. The van der Waals surface area contributed by atoms with Gasteiger partial charge in [0.15, 0.2) is 18.3 Å². The lowest BCUT2D eigenvalue weighted by Crippen LogP contribution is -2.49. The minimum Gasteiger partial charge on any atom is -0.403 e. The highest BCUT2D eigenvalue weighted by Gasteiger charge is 2.58. The van der Waals surface area contributed by atoms with Gasteiger partial charge in [-0.3, -0.25) is 0 Å². The Morgan fingerprint density at radius 2 is 1.95 bits per heavy atom. The lowest BCUT2D eigenvalue weighted by molar-refractivity contribution is -0.0502. The summed E-state index contributed by atoms with van der Waals surface area (Å²) in [6.07, 6.45) is 5.53. The van der Waals surface area contributed by atoms with E-state index in [1.807, 2.05) is 31.2 Å². The molecule has 106 valence electrons. The monoisotopic (exact) mass is 311 g/mol. The van der Waals surface area contributed by atoms with E-state index in [0.717, 1.165) is 23.4 Å². The third-order valence-electron chi connectivity index (χ3n) is 3.83. The minimum atomic E-state index is -0.568. The molecule has 1 unspecified atom stereocenters. The van der Waals surface area contributed by atoms with Gasteiger partial charge in [0.2, 0.25) is 0 Å². The number of benzene rings is 1. The van der Waals surface area contributed by atoms with Crippen LogP contribution >= 0.6 is 23.2 Å². The van der Waals surface area contributed by atoms with Crippen molar-refractivity contribution in [2.75, 3.05) is 0 Å². The molecule has 0 radical (unpaired) electrons. The van der Waals surface area contributed by atoms with Crippen molar-refractivity contribution in [1.82, 2.24) is 14.9 Å². The molecule has 0 spiro atoms. The van der Waals surface area contributed by atoms with Crippen molar-refractivity contribution in [3.8, 4) is 0 Å². The Morgan fingerprint density at radius 3 is 2.55 bits per heavy atom. The second kappa shape index (κ2) is 4.93. The maximum Gasteiger partial charge on any atom is 0.156 e. The van der Waals surface area contributed by atoms with Crippen LogP contribution in [0.4, 0.5) is 0 Å². The number of rotatable bonds is 5. The minimum absolute atomic E-state index is 0.365. The Balaban J connectivity index is 1.89. The number of hydrogen-bond donors (Lipinski definition) is 0. The van der Waals surface area contributed by atoms with Gasteiger partial charge in [-0.15, -0.1) is 21.8 Å². The molecule has 4 nitrogen and oxygen atoms in total. The maximum absolute atomic E-state index is 6.65. The van der Waals surface area contributed by atoms with Crippen LogP contribution in [0, 0.1) is 0 Å². The van der Waals surface area contributed by atoms with Crippen molar-refractivity contribution in [3.63, 3.8) is 0 Å². The Hall–Kier alpha value is -1.26. The van der Waals surface area contributed by atoms with Crippen LogP contribution in [-0.4, -0.2) is 25.4 Å². The van der Waals surface area contributed by atoms with E-state index in [2.05, 4.69) is 10.2 Å². The fourth-order valence-corrected chi connectivity index (χ4v) is 2.79. The summed E-state index contributed by atoms with van der Waals surface area (Å²) in [6.45, 7) is 2.01. The second-order valence-corrected chi connectivity index (χ2v) is 6.51. The molecule has 6 heteroatoms. The summed E-state index contributed by atoms with van der Waals surface area (Å²) in [6, 6.07) is 7.76. The molecule has 0 saturated heterocycles. The zero-order valence-corrected chi connectivity index (χ0v) is 12.6. The molecule has 1 aliphatic rings. The van der Waals surface area contributed by atoms with Crippen molar-refractivity contribution in [2.24, 2.45) is 0 Å². The van der Waals surface area contributed by atoms with Crippen molar-refractivity contribution in [2.45, 2.75) is 36.7 Å². The zero-order valence-electron chi connectivity index (χ0n) is 11.1. The molecule has 0 bridgehead atoms. The van der Waals surface area contributed by atoms with Gasteiger partial charge < -0.3 is 4.84 Å². The smallest absolute Gasteiger partial charge is 0.156 e. The number of halogens is 2. The second-order valence-electron chi connectivity index (χ2n) is 5.38. The van der Waals surface area contributed by atoms with Gasteiger partial charge in [0.05, 0.1) is 4.87 Å².